The number of aryl methyl sites for hydroxylation is 2. The summed E-state index contributed by atoms with van der Waals surface area (Å²) in [5, 5.41) is 3.73. The minimum atomic E-state index is -0.803. The molecule has 1 N–H and O–H groups in total. The number of benzene rings is 1. The minimum Gasteiger partial charge on any atom is -0.309 e. The Morgan fingerprint density at radius 3 is 2.35 bits per heavy atom. The predicted octanol–water partition coefficient (Wildman–Crippen LogP) is 3.75. The van der Waals surface area contributed by atoms with E-state index in [1.54, 1.807) is 0 Å². The standard InChI is InChI=1S/C17H29NOS/c1-7-18-17(11-20(19)15(6)12(2)3)16-9-8-13(4)10-14(16)5/h8-10,12,15,17-18H,7,11H2,1-6H3. The molecule has 3 atom stereocenters. The molecular weight excluding hydrogens is 266 g/mol. The van der Waals surface area contributed by atoms with Crippen molar-refractivity contribution in [1.29, 1.82) is 0 Å². The molecule has 0 aliphatic heterocycles. The summed E-state index contributed by atoms with van der Waals surface area (Å²) in [6.07, 6.45) is 0. The smallest absolute Gasteiger partial charge is 0.0439 e. The maximum absolute atomic E-state index is 12.5. The Labute approximate surface area is 126 Å². The molecule has 1 aromatic carbocycles. The fraction of sp³-hybridized carbons (Fsp3) is 0.647. The molecule has 0 aliphatic rings. The number of hydrogen-bond donors (Lipinski definition) is 1. The fourth-order valence-corrected chi connectivity index (χ4v) is 3.88. The number of nitrogens with one attached hydrogen (secondary N) is 1. The van der Waals surface area contributed by atoms with Crippen LogP contribution in [0.3, 0.4) is 0 Å². The van der Waals surface area contributed by atoms with E-state index in [0.717, 1.165) is 6.54 Å². The van der Waals surface area contributed by atoms with E-state index in [-0.39, 0.29) is 11.3 Å². The quantitative estimate of drug-likeness (QED) is 0.830. The molecule has 0 radical (unpaired) electrons. The summed E-state index contributed by atoms with van der Waals surface area (Å²) in [6.45, 7) is 13.6. The van der Waals surface area contributed by atoms with Crippen molar-refractivity contribution in [3.05, 3.63) is 34.9 Å². The summed E-state index contributed by atoms with van der Waals surface area (Å²) in [4.78, 5) is 0. The van der Waals surface area contributed by atoms with Crippen molar-refractivity contribution in [3.63, 3.8) is 0 Å². The molecule has 3 unspecified atom stereocenters. The molecule has 3 heteroatoms. The largest absolute Gasteiger partial charge is 0.309 e. The molecule has 0 saturated carbocycles. The minimum absolute atomic E-state index is 0.183. The van der Waals surface area contributed by atoms with Crippen LogP contribution in [0.25, 0.3) is 0 Å². The molecule has 20 heavy (non-hydrogen) atoms. The van der Waals surface area contributed by atoms with E-state index in [2.05, 4.69) is 65.1 Å². The Morgan fingerprint density at radius 2 is 1.85 bits per heavy atom. The second kappa shape index (κ2) is 7.94. The van der Waals surface area contributed by atoms with Crippen LogP contribution in [0.4, 0.5) is 0 Å². The summed E-state index contributed by atoms with van der Waals surface area (Å²) in [7, 11) is -0.803. The van der Waals surface area contributed by atoms with Gasteiger partial charge in [0.25, 0.3) is 0 Å². The SMILES string of the molecule is CCNC(CS(=O)C(C)C(C)C)c1ccc(C)cc1C. The highest BCUT2D eigenvalue weighted by Crippen LogP contribution is 2.22. The van der Waals surface area contributed by atoms with E-state index >= 15 is 0 Å². The molecule has 2 nitrogen and oxygen atoms in total. The van der Waals surface area contributed by atoms with Gasteiger partial charge in [-0.25, -0.2) is 0 Å². The predicted molar refractivity (Wildman–Crippen MR) is 89.6 cm³/mol. The average Bonchev–Trinajstić information content (AvgIpc) is 2.37. The first-order valence-corrected chi connectivity index (χ1v) is 8.92. The molecular formula is C17H29NOS. The van der Waals surface area contributed by atoms with E-state index in [1.165, 1.54) is 16.7 Å². The Kier molecular flexibility index (Phi) is 6.90. The van der Waals surface area contributed by atoms with Gasteiger partial charge in [-0.1, -0.05) is 51.5 Å². The van der Waals surface area contributed by atoms with Crippen LogP contribution in [0.1, 0.15) is 50.4 Å². The Hall–Kier alpha value is -0.670. The lowest BCUT2D eigenvalue weighted by molar-refractivity contribution is 0.572. The van der Waals surface area contributed by atoms with Crippen LogP contribution >= 0.6 is 0 Å². The van der Waals surface area contributed by atoms with Crippen LogP contribution in [0.2, 0.25) is 0 Å². The summed E-state index contributed by atoms with van der Waals surface area (Å²) in [5.41, 5.74) is 3.84. The van der Waals surface area contributed by atoms with E-state index in [4.69, 9.17) is 0 Å². The highest BCUT2D eigenvalue weighted by Gasteiger charge is 2.21. The molecule has 0 fully saturated rings. The lowest BCUT2D eigenvalue weighted by Crippen LogP contribution is -2.31. The average molecular weight is 295 g/mol. The first-order chi connectivity index (χ1) is 9.36. The van der Waals surface area contributed by atoms with Crippen LogP contribution in [0, 0.1) is 19.8 Å². The molecule has 0 aromatic heterocycles. The molecule has 114 valence electrons. The number of rotatable bonds is 7. The second-order valence-corrected chi connectivity index (χ2v) is 7.81. The van der Waals surface area contributed by atoms with Crippen molar-refractivity contribution >= 4 is 10.8 Å². The summed E-state index contributed by atoms with van der Waals surface area (Å²) >= 11 is 0. The van der Waals surface area contributed by atoms with Crippen molar-refractivity contribution < 1.29 is 4.21 Å². The third-order valence-corrected chi connectivity index (χ3v) is 5.97. The maximum atomic E-state index is 12.5. The summed E-state index contributed by atoms with van der Waals surface area (Å²) in [6, 6.07) is 6.70. The zero-order chi connectivity index (χ0) is 15.3. The van der Waals surface area contributed by atoms with Gasteiger partial charge in [0, 0.05) is 27.8 Å². The number of hydrogen-bond acceptors (Lipinski definition) is 2. The van der Waals surface area contributed by atoms with Gasteiger partial charge in [0.2, 0.25) is 0 Å². The van der Waals surface area contributed by atoms with Gasteiger partial charge in [-0.05, 0) is 37.4 Å². The van der Waals surface area contributed by atoms with E-state index in [0.29, 0.717) is 11.7 Å². The van der Waals surface area contributed by atoms with Gasteiger partial charge in [-0.15, -0.1) is 0 Å². The van der Waals surface area contributed by atoms with Crippen LogP contribution < -0.4 is 5.32 Å². The lowest BCUT2D eigenvalue weighted by atomic mass is 10.0. The molecule has 0 heterocycles. The lowest BCUT2D eigenvalue weighted by Gasteiger charge is -2.23. The zero-order valence-corrected chi connectivity index (χ0v) is 14.5. The van der Waals surface area contributed by atoms with Crippen LogP contribution in [-0.4, -0.2) is 21.8 Å². The van der Waals surface area contributed by atoms with E-state index < -0.39 is 10.8 Å². The molecule has 0 aliphatic carbocycles. The molecule has 0 spiro atoms. The normalized spacial score (nSPS) is 16.1. The third kappa shape index (κ3) is 4.71. The Morgan fingerprint density at radius 1 is 1.20 bits per heavy atom. The van der Waals surface area contributed by atoms with Gasteiger partial charge < -0.3 is 5.32 Å². The van der Waals surface area contributed by atoms with Gasteiger partial charge in [0.05, 0.1) is 0 Å². The molecule has 1 aromatic rings. The molecule has 0 bridgehead atoms. The van der Waals surface area contributed by atoms with Gasteiger partial charge in [-0.3, -0.25) is 4.21 Å². The fourth-order valence-electron chi connectivity index (χ4n) is 2.34. The molecule has 1 rings (SSSR count). The van der Waals surface area contributed by atoms with Gasteiger partial charge >= 0.3 is 0 Å². The second-order valence-electron chi connectivity index (χ2n) is 5.97. The van der Waals surface area contributed by atoms with Crippen molar-refractivity contribution in [2.75, 3.05) is 12.3 Å². The molecule has 0 saturated heterocycles. The topological polar surface area (TPSA) is 29.1 Å². The highest BCUT2D eigenvalue weighted by molar-refractivity contribution is 7.85. The monoisotopic (exact) mass is 295 g/mol. The Bertz CT molecular complexity index is 456. The summed E-state index contributed by atoms with van der Waals surface area (Å²) < 4.78 is 12.5. The van der Waals surface area contributed by atoms with Gasteiger partial charge in [0.1, 0.15) is 0 Å². The first-order valence-electron chi connectivity index (χ1n) is 7.54. The van der Waals surface area contributed by atoms with Crippen molar-refractivity contribution in [3.8, 4) is 0 Å². The van der Waals surface area contributed by atoms with Gasteiger partial charge in [-0.2, -0.15) is 0 Å². The van der Waals surface area contributed by atoms with Gasteiger partial charge in [0.15, 0.2) is 0 Å². The van der Waals surface area contributed by atoms with Crippen molar-refractivity contribution in [1.82, 2.24) is 5.32 Å². The third-order valence-electron chi connectivity index (χ3n) is 3.94. The van der Waals surface area contributed by atoms with Crippen LogP contribution in [-0.2, 0) is 10.8 Å². The van der Waals surface area contributed by atoms with Crippen LogP contribution in [0.5, 0.6) is 0 Å². The molecule has 0 amide bonds. The van der Waals surface area contributed by atoms with Crippen molar-refractivity contribution in [2.45, 2.75) is 52.8 Å². The van der Waals surface area contributed by atoms with Crippen LogP contribution in [0.15, 0.2) is 18.2 Å². The zero-order valence-electron chi connectivity index (χ0n) is 13.7. The summed E-state index contributed by atoms with van der Waals surface area (Å²) in [5.74, 6) is 1.15. The van der Waals surface area contributed by atoms with E-state index in [1.807, 2.05) is 0 Å². The first kappa shape index (κ1) is 17.4. The highest BCUT2D eigenvalue weighted by atomic mass is 32.2. The van der Waals surface area contributed by atoms with Crippen molar-refractivity contribution in [2.24, 2.45) is 5.92 Å². The van der Waals surface area contributed by atoms with E-state index in [9.17, 15) is 4.21 Å². The Balaban J connectivity index is 2.91. The maximum Gasteiger partial charge on any atom is 0.0439 e.